The van der Waals surface area contributed by atoms with Gasteiger partial charge in [0.1, 0.15) is 0 Å². The van der Waals surface area contributed by atoms with Crippen LogP contribution in [0.1, 0.15) is 0 Å². The van der Waals surface area contributed by atoms with Gasteiger partial charge in [-0.05, 0) is 12.1 Å². The molecule has 0 atom stereocenters. The van der Waals surface area contributed by atoms with Crippen LogP contribution in [0.2, 0.25) is 0 Å². The van der Waals surface area contributed by atoms with Crippen LogP contribution in [0.4, 0.5) is 0 Å². The zero-order valence-corrected chi connectivity index (χ0v) is 11.1. The molecule has 92 valence electrons. The van der Waals surface area contributed by atoms with Crippen LogP contribution in [0.3, 0.4) is 0 Å². The highest BCUT2D eigenvalue weighted by molar-refractivity contribution is 7.26. The first kappa shape index (κ1) is 10.7. The van der Waals surface area contributed by atoms with Crippen molar-refractivity contribution in [1.29, 1.82) is 0 Å². The van der Waals surface area contributed by atoms with Gasteiger partial charge in [-0.25, -0.2) is 4.98 Å². The van der Waals surface area contributed by atoms with E-state index >= 15 is 0 Å². The average molecular weight is 266 g/mol. The predicted molar refractivity (Wildman–Crippen MR) is 79.0 cm³/mol. The van der Waals surface area contributed by atoms with Gasteiger partial charge in [0.2, 0.25) is 5.88 Å². The molecule has 4 rings (SSSR count). The first-order chi connectivity index (χ1) is 9.38. The minimum Gasteiger partial charge on any atom is -0.480 e. The van der Waals surface area contributed by atoms with Crippen molar-refractivity contribution in [2.24, 2.45) is 0 Å². The van der Waals surface area contributed by atoms with Crippen molar-refractivity contribution in [3.8, 4) is 5.88 Å². The lowest BCUT2D eigenvalue weighted by molar-refractivity contribution is 0.405. The van der Waals surface area contributed by atoms with Gasteiger partial charge in [0.15, 0.2) is 0 Å². The summed E-state index contributed by atoms with van der Waals surface area (Å²) < 4.78 is 7.78. The molecule has 0 fully saturated rings. The number of nitrogens with zero attached hydrogens (tertiary/aromatic N) is 2. The fourth-order valence-corrected chi connectivity index (χ4v) is 3.62. The Kier molecular flexibility index (Phi) is 2.19. The first-order valence-corrected chi connectivity index (χ1v) is 6.79. The SMILES string of the molecule is COc1nc2ccncc2c2c1sc1ccccc12. The van der Waals surface area contributed by atoms with E-state index in [1.165, 1.54) is 15.5 Å². The van der Waals surface area contributed by atoms with Crippen LogP contribution >= 0.6 is 11.3 Å². The molecule has 19 heavy (non-hydrogen) atoms. The molecule has 3 nitrogen and oxygen atoms in total. The Labute approximate surface area is 113 Å². The van der Waals surface area contributed by atoms with E-state index in [-0.39, 0.29) is 0 Å². The summed E-state index contributed by atoms with van der Waals surface area (Å²) in [7, 11) is 1.67. The Balaban J connectivity index is 2.36. The molecule has 0 saturated heterocycles. The second-order valence-corrected chi connectivity index (χ2v) is 5.37. The number of fused-ring (bicyclic) bond motifs is 5. The van der Waals surface area contributed by atoms with E-state index in [1.807, 2.05) is 12.3 Å². The van der Waals surface area contributed by atoms with Crippen molar-refractivity contribution in [3.63, 3.8) is 0 Å². The van der Waals surface area contributed by atoms with Crippen LogP contribution in [0.25, 0.3) is 31.1 Å². The van der Waals surface area contributed by atoms with Gasteiger partial charge >= 0.3 is 0 Å². The molecule has 0 aliphatic rings. The molecule has 3 heterocycles. The Bertz CT molecular complexity index is 914. The molecule has 0 amide bonds. The molecule has 0 unspecified atom stereocenters. The van der Waals surface area contributed by atoms with Crippen LogP contribution in [0.5, 0.6) is 5.88 Å². The third-order valence-corrected chi connectivity index (χ3v) is 4.43. The fraction of sp³-hybridized carbons (Fsp3) is 0.0667. The third-order valence-electron chi connectivity index (χ3n) is 3.27. The molecule has 0 saturated carbocycles. The first-order valence-electron chi connectivity index (χ1n) is 5.97. The number of thiophene rings is 1. The lowest BCUT2D eigenvalue weighted by Crippen LogP contribution is -1.89. The molecule has 0 N–H and O–H groups in total. The van der Waals surface area contributed by atoms with E-state index in [0.29, 0.717) is 5.88 Å². The summed E-state index contributed by atoms with van der Waals surface area (Å²) in [6.45, 7) is 0. The van der Waals surface area contributed by atoms with Crippen LogP contribution in [-0.2, 0) is 0 Å². The smallest absolute Gasteiger partial charge is 0.232 e. The highest BCUT2D eigenvalue weighted by Gasteiger charge is 2.14. The zero-order valence-electron chi connectivity index (χ0n) is 10.3. The van der Waals surface area contributed by atoms with Crippen LogP contribution in [0, 0.1) is 0 Å². The maximum Gasteiger partial charge on any atom is 0.232 e. The Morgan fingerprint density at radius 2 is 2.00 bits per heavy atom. The van der Waals surface area contributed by atoms with E-state index in [4.69, 9.17) is 4.74 Å². The highest BCUT2D eigenvalue weighted by Crippen LogP contribution is 2.41. The predicted octanol–water partition coefficient (Wildman–Crippen LogP) is 4.01. The van der Waals surface area contributed by atoms with E-state index in [0.717, 1.165) is 15.6 Å². The topological polar surface area (TPSA) is 35.0 Å². The number of pyridine rings is 2. The molecule has 0 aliphatic heterocycles. The summed E-state index contributed by atoms with van der Waals surface area (Å²) in [5, 5.41) is 3.51. The molecular weight excluding hydrogens is 256 g/mol. The van der Waals surface area contributed by atoms with Gasteiger partial charge in [0, 0.05) is 33.3 Å². The number of aromatic nitrogens is 2. The highest BCUT2D eigenvalue weighted by atomic mass is 32.1. The fourth-order valence-electron chi connectivity index (χ4n) is 2.44. The van der Waals surface area contributed by atoms with E-state index < -0.39 is 0 Å². The number of benzene rings is 1. The van der Waals surface area contributed by atoms with Gasteiger partial charge in [-0.15, -0.1) is 11.3 Å². The van der Waals surface area contributed by atoms with Gasteiger partial charge < -0.3 is 4.74 Å². The van der Waals surface area contributed by atoms with Gasteiger partial charge in [0.05, 0.1) is 17.3 Å². The normalized spacial score (nSPS) is 11.4. The summed E-state index contributed by atoms with van der Waals surface area (Å²) in [4.78, 5) is 8.79. The molecule has 0 radical (unpaired) electrons. The Hall–Kier alpha value is -2.20. The van der Waals surface area contributed by atoms with Crippen LogP contribution in [-0.4, -0.2) is 17.1 Å². The molecule has 3 aromatic heterocycles. The molecule has 0 aliphatic carbocycles. The van der Waals surface area contributed by atoms with E-state index in [1.54, 1.807) is 24.6 Å². The number of hydrogen-bond acceptors (Lipinski definition) is 4. The summed E-state index contributed by atoms with van der Waals surface area (Å²) in [5.41, 5.74) is 0.919. The largest absolute Gasteiger partial charge is 0.480 e. The Morgan fingerprint density at radius 3 is 2.89 bits per heavy atom. The van der Waals surface area contributed by atoms with Crippen molar-refractivity contribution in [1.82, 2.24) is 9.97 Å². The monoisotopic (exact) mass is 266 g/mol. The summed E-state index contributed by atoms with van der Waals surface area (Å²) in [5.74, 6) is 0.690. The van der Waals surface area contributed by atoms with Gasteiger partial charge in [-0.3, -0.25) is 4.98 Å². The Morgan fingerprint density at radius 1 is 1.11 bits per heavy atom. The lowest BCUT2D eigenvalue weighted by atomic mass is 10.1. The van der Waals surface area contributed by atoms with Crippen LogP contribution < -0.4 is 4.74 Å². The number of rotatable bonds is 1. The van der Waals surface area contributed by atoms with Gasteiger partial charge in [-0.2, -0.15) is 0 Å². The summed E-state index contributed by atoms with van der Waals surface area (Å²) in [6.07, 6.45) is 3.64. The quantitative estimate of drug-likeness (QED) is 0.522. The standard InChI is InChI=1S/C15H10N2OS/c1-18-15-14-13(9-4-2-3-5-12(9)19-14)10-8-16-7-6-11(10)17-15/h2-8H,1H3. The molecule has 0 bridgehead atoms. The molecule has 4 aromatic rings. The number of methoxy groups -OCH3 is 1. The molecule has 0 spiro atoms. The molecule has 4 heteroatoms. The number of hydrogen-bond donors (Lipinski definition) is 0. The van der Waals surface area contributed by atoms with E-state index in [9.17, 15) is 0 Å². The average Bonchev–Trinajstić information content (AvgIpc) is 2.86. The minimum atomic E-state index is 0.690. The van der Waals surface area contributed by atoms with Gasteiger partial charge in [0.25, 0.3) is 0 Å². The third kappa shape index (κ3) is 1.43. The maximum absolute atomic E-state index is 5.44. The van der Waals surface area contributed by atoms with Crippen LogP contribution in [0.15, 0.2) is 42.7 Å². The van der Waals surface area contributed by atoms with Crippen molar-refractivity contribution < 1.29 is 4.74 Å². The summed E-state index contributed by atoms with van der Waals surface area (Å²) >= 11 is 1.71. The van der Waals surface area contributed by atoms with Crippen molar-refractivity contribution in [2.75, 3.05) is 7.11 Å². The van der Waals surface area contributed by atoms with Crippen molar-refractivity contribution in [2.45, 2.75) is 0 Å². The van der Waals surface area contributed by atoms with Crippen molar-refractivity contribution in [3.05, 3.63) is 42.7 Å². The van der Waals surface area contributed by atoms with Gasteiger partial charge in [-0.1, -0.05) is 18.2 Å². The second kappa shape index (κ2) is 3.90. The molecule has 1 aromatic carbocycles. The maximum atomic E-state index is 5.44. The lowest BCUT2D eigenvalue weighted by Gasteiger charge is -2.04. The molecular formula is C15H10N2OS. The minimum absolute atomic E-state index is 0.690. The zero-order chi connectivity index (χ0) is 12.8. The van der Waals surface area contributed by atoms with Crippen molar-refractivity contribution >= 4 is 42.4 Å². The second-order valence-electron chi connectivity index (χ2n) is 4.32. The van der Waals surface area contributed by atoms with E-state index in [2.05, 4.69) is 34.2 Å². The summed E-state index contributed by atoms with van der Waals surface area (Å²) in [6, 6.07) is 10.3. The number of ether oxygens (including phenoxy) is 1.